The molecule has 0 amide bonds. The monoisotopic (exact) mass is 313 g/mol. The van der Waals surface area contributed by atoms with Crippen LogP contribution in [0.5, 0.6) is 0 Å². The summed E-state index contributed by atoms with van der Waals surface area (Å²) in [4.78, 5) is 12.2. The Morgan fingerprint density at radius 1 is 1.53 bits per heavy atom. The van der Waals surface area contributed by atoms with Crippen LogP contribution in [0.1, 0.15) is 16.1 Å². The van der Waals surface area contributed by atoms with Crippen LogP contribution in [0.2, 0.25) is 5.02 Å². The second kappa shape index (κ2) is 4.50. The van der Waals surface area contributed by atoms with E-state index >= 15 is 0 Å². The van der Waals surface area contributed by atoms with E-state index in [1.807, 2.05) is 0 Å². The van der Waals surface area contributed by atoms with Gasteiger partial charge in [-0.25, -0.2) is 0 Å². The van der Waals surface area contributed by atoms with Crippen LogP contribution in [0.3, 0.4) is 0 Å². The number of benzene rings is 1. The van der Waals surface area contributed by atoms with E-state index in [2.05, 4.69) is 21.0 Å². The van der Waals surface area contributed by atoms with E-state index in [9.17, 15) is 4.79 Å². The summed E-state index contributed by atoms with van der Waals surface area (Å²) in [5.74, 6) is -0.236. The van der Waals surface area contributed by atoms with Gasteiger partial charge in [0.2, 0.25) is 5.78 Å². The fraction of sp³-hybridized carbons (Fsp3) is 0.0909. The third-order valence-electron chi connectivity index (χ3n) is 2.37. The van der Waals surface area contributed by atoms with Gasteiger partial charge in [0.15, 0.2) is 0 Å². The van der Waals surface area contributed by atoms with Crippen molar-refractivity contribution < 1.29 is 4.79 Å². The van der Waals surface area contributed by atoms with Crippen molar-refractivity contribution in [3.8, 4) is 0 Å². The molecule has 6 heteroatoms. The van der Waals surface area contributed by atoms with Gasteiger partial charge in [0.05, 0.1) is 11.2 Å². The summed E-state index contributed by atoms with van der Waals surface area (Å²) >= 11 is 9.21. The number of aromatic nitrogens is 2. The van der Waals surface area contributed by atoms with Crippen molar-refractivity contribution >= 4 is 39.0 Å². The van der Waals surface area contributed by atoms with Crippen LogP contribution in [0.4, 0.5) is 5.69 Å². The lowest BCUT2D eigenvalue weighted by atomic mass is 10.1. The van der Waals surface area contributed by atoms with Crippen LogP contribution >= 0.6 is 27.5 Å². The molecule has 4 nitrogen and oxygen atoms in total. The molecule has 88 valence electrons. The molecule has 17 heavy (non-hydrogen) atoms. The Hall–Kier alpha value is -1.33. The molecule has 0 aliphatic heterocycles. The van der Waals surface area contributed by atoms with Crippen molar-refractivity contribution in [2.45, 2.75) is 0 Å². The van der Waals surface area contributed by atoms with Crippen LogP contribution < -0.4 is 5.73 Å². The Bertz CT molecular complexity index is 575. The standard InChI is InChI=1S/C11H9BrClN3O/c1-16-10(8(13)5-15-16)11(17)7-3-2-6(12)4-9(7)14/h2-5H,14H2,1H3. The van der Waals surface area contributed by atoms with Gasteiger partial charge in [0.1, 0.15) is 5.69 Å². The van der Waals surface area contributed by atoms with E-state index in [4.69, 9.17) is 17.3 Å². The highest BCUT2D eigenvalue weighted by Crippen LogP contribution is 2.24. The molecule has 0 radical (unpaired) electrons. The molecule has 1 heterocycles. The highest BCUT2D eigenvalue weighted by atomic mass is 79.9. The van der Waals surface area contributed by atoms with E-state index in [0.717, 1.165) is 4.47 Å². The number of aryl methyl sites for hydroxylation is 1. The maximum atomic E-state index is 12.2. The highest BCUT2D eigenvalue weighted by molar-refractivity contribution is 9.10. The van der Waals surface area contributed by atoms with Crippen molar-refractivity contribution in [1.29, 1.82) is 0 Å². The minimum atomic E-state index is -0.236. The summed E-state index contributed by atoms with van der Waals surface area (Å²) < 4.78 is 2.26. The number of halogens is 2. The van der Waals surface area contributed by atoms with Crippen molar-refractivity contribution in [2.75, 3.05) is 5.73 Å². The molecule has 0 fully saturated rings. The van der Waals surface area contributed by atoms with E-state index in [1.165, 1.54) is 10.9 Å². The normalized spacial score (nSPS) is 10.5. The molecule has 0 saturated heterocycles. The summed E-state index contributed by atoms with van der Waals surface area (Å²) in [6, 6.07) is 5.09. The van der Waals surface area contributed by atoms with Crippen LogP contribution in [0.25, 0.3) is 0 Å². The lowest BCUT2D eigenvalue weighted by molar-refractivity contribution is 0.103. The molecule has 2 rings (SSSR count). The minimum Gasteiger partial charge on any atom is -0.398 e. The lowest BCUT2D eigenvalue weighted by Gasteiger charge is -2.06. The topological polar surface area (TPSA) is 60.9 Å². The summed E-state index contributed by atoms with van der Waals surface area (Å²) in [6.07, 6.45) is 1.43. The molecular weight excluding hydrogens is 305 g/mol. The quantitative estimate of drug-likeness (QED) is 0.685. The fourth-order valence-corrected chi connectivity index (χ4v) is 2.16. The van der Waals surface area contributed by atoms with Crippen LogP contribution in [0.15, 0.2) is 28.9 Å². The molecule has 0 spiro atoms. The second-order valence-corrected chi connectivity index (χ2v) is 4.85. The molecule has 0 aliphatic rings. The number of nitrogens with two attached hydrogens (primary N) is 1. The molecule has 2 N–H and O–H groups in total. The van der Waals surface area contributed by atoms with Gasteiger partial charge < -0.3 is 5.73 Å². The first-order valence-corrected chi connectivity index (χ1v) is 5.95. The van der Waals surface area contributed by atoms with Crippen LogP contribution in [0, 0.1) is 0 Å². The van der Waals surface area contributed by atoms with Gasteiger partial charge in [-0.3, -0.25) is 9.48 Å². The SMILES string of the molecule is Cn1ncc(Cl)c1C(=O)c1ccc(Br)cc1N. The van der Waals surface area contributed by atoms with Gasteiger partial charge in [0, 0.05) is 22.8 Å². The summed E-state index contributed by atoms with van der Waals surface area (Å²) in [7, 11) is 1.66. The zero-order valence-electron chi connectivity index (χ0n) is 8.95. The van der Waals surface area contributed by atoms with E-state index in [-0.39, 0.29) is 5.78 Å². The number of rotatable bonds is 2. The number of hydrogen-bond donors (Lipinski definition) is 1. The predicted molar refractivity (Wildman–Crippen MR) is 70.2 cm³/mol. The minimum absolute atomic E-state index is 0.236. The van der Waals surface area contributed by atoms with Crippen LogP contribution in [-0.2, 0) is 7.05 Å². The number of anilines is 1. The smallest absolute Gasteiger partial charge is 0.214 e. The fourth-order valence-electron chi connectivity index (χ4n) is 1.53. The molecule has 0 saturated carbocycles. The zero-order chi connectivity index (χ0) is 12.6. The first-order chi connectivity index (χ1) is 8.00. The van der Waals surface area contributed by atoms with Crippen molar-refractivity contribution in [1.82, 2.24) is 9.78 Å². The number of nitrogens with zero attached hydrogens (tertiary/aromatic N) is 2. The zero-order valence-corrected chi connectivity index (χ0v) is 11.3. The van der Waals surface area contributed by atoms with E-state index in [1.54, 1.807) is 25.2 Å². The largest absolute Gasteiger partial charge is 0.398 e. The van der Waals surface area contributed by atoms with Crippen molar-refractivity contribution in [2.24, 2.45) is 7.05 Å². The van der Waals surface area contributed by atoms with Crippen molar-refractivity contribution in [3.05, 3.63) is 45.1 Å². The van der Waals surface area contributed by atoms with E-state index in [0.29, 0.717) is 22.0 Å². The Morgan fingerprint density at radius 2 is 2.24 bits per heavy atom. The number of carbonyl (C=O) groups excluding carboxylic acids is 1. The third-order valence-corrected chi connectivity index (χ3v) is 3.14. The molecular formula is C11H9BrClN3O. The average Bonchev–Trinajstić information content (AvgIpc) is 2.58. The molecule has 0 aliphatic carbocycles. The van der Waals surface area contributed by atoms with Gasteiger partial charge >= 0.3 is 0 Å². The number of hydrogen-bond acceptors (Lipinski definition) is 3. The molecule has 0 bridgehead atoms. The number of ketones is 1. The molecule has 0 atom stereocenters. The van der Waals surface area contributed by atoms with Gasteiger partial charge in [-0.2, -0.15) is 5.10 Å². The molecule has 0 unspecified atom stereocenters. The predicted octanol–water partition coefficient (Wildman–Crippen LogP) is 2.65. The van der Waals surface area contributed by atoms with Gasteiger partial charge in [0.25, 0.3) is 0 Å². The highest BCUT2D eigenvalue weighted by Gasteiger charge is 2.19. The lowest BCUT2D eigenvalue weighted by Crippen LogP contribution is -2.11. The number of carbonyl (C=O) groups is 1. The second-order valence-electron chi connectivity index (χ2n) is 3.53. The third kappa shape index (κ3) is 2.21. The Morgan fingerprint density at radius 3 is 2.76 bits per heavy atom. The molecule has 1 aromatic heterocycles. The Kier molecular flexibility index (Phi) is 3.22. The summed E-state index contributed by atoms with van der Waals surface area (Å²) in [5, 5.41) is 4.24. The maximum absolute atomic E-state index is 12.2. The molecule has 1 aromatic carbocycles. The number of nitrogen functional groups attached to an aromatic ring is 1. The van der Waals surface area contributed by atoms with Gasteiger partial charge in [-0.05, 0) is 18.2 Å². The van der Waals surface area contributed by atoms with Crippen molar-refractivity contribution in [3.63, 3.8) is 0 Å². The van der Waals surface area contributed by atoms with Gasteiger partial charge in [-0.15, -0.1) is 0 Å². The molecule has 2 aromatic rings. The van der Waals surface area contributed by atoms with E-state index < -0.39 is 0 Å². The summed E-state index contributed by atoms with van der Waals surface area (Å²) in [5.41, 5.74) is 6.96. The maximum Gasteiger partial charge on any atom is 0.214 e. The first kappa shape index (κ1) is 12.1. The Labute approximate surface area is 111 Å². The first-order valence-electron chi connectivity index (χ1n) is 4.78. The summed E-state index contributed by atoms with van der Waals surface area (Å²) in [6.45, 7) is 0. The Balaban J connectivity index is 2.51. The van der Waals surface area contributed by atoms with Gasteiger partial charge in [-0.1, -0.05) is 27.5 Å². The van der Waals surface area contributed by atoms with Crippen LogP contribution in [-0.4, -0.2) is 15.6 Å². The average molecular weight is 315 g/mol.